The second kappa shape index (κ2) is 22.0. The van der Waals surface area contributed by atoms with Crippen LogP contribution in [0.25, 0.3) is 21.7 Å². The first-order valence-electron chi connectivity index (χ1n) is 24.7. The lowest BCUT2D eigenvalue weighted by Crippen LogP contribution is -2.51. The minimum Gasteiger partial charge on any atom is -0.507 e. The quantitative estimate of drug-likeness (QED) is 0.0917. The first kappa shape index (κ1) is 49.6. The van der Waals surface area contributed by atoms with Crippen molar-refractivity contribution < 1.29 is 43.3 Å². The average Bonchev–Trinajstić information content (AvgIpc) is 4.11. The van der Waals surface area contributed by atoms with Gasteiger partial charge in [0.2, 0.25) is 11.8 Å². The van der Waals surface area contributed by atoms with E-state index in [9.17, 15) is 24.6 Å². The monoisotopic (exact) mass is 992 g/mol. The lowest BCUT2D eigenvalue weighted by molar-refractivity contribution is -0.141. The van der Waals surface area contributed by atoms with E-state index >= 15 is 0 Å². The van der Waals surface area contributed by atoms with Crippen LogP contribution in [0.1, 0.15) is 81.9 Å². The molecule has 20 heteroatoms. The first-order valence-corrected chi connectivity index (χ1v) is 25.5. The summed E-state index contributed by atoms with van der Waals surface area (Å²) in [7, 11) is 0. The summed E-state index contributed by atoms with van der Waals surface area (Å²) in [6, 6.07) is 17.3. The molecule has 3 amide bonds. The number of piperazine rings is 1. The second-order valence-electron chi connectivity index (χ2n) is 19.4. The Morgan fingerprint density at radius 3 is 2.38 bits per heavy atom. The van der Waals surface area contributed by atoms with Crippen molar-refractivity contribution >= 4 is 40.7 Å². The van der Waals surface area contributed by atoms with Gasteiger partial charge in [-0.25, -0.2) is 9.78 Å². The van der Waals surface area contributed by atoms with Crippen LogP contribution in [0.15, 0.2) is 70.7 Å². The number of carbonyl (C=O) groups excluding carboxylic acids is 3. The van der Waals surface area contributed by atoms with Crippen molar-refractivity contribution in [1.82, 2.24) is 40.4 Å². The normalized spacial score (nSPS) is 21.7. The Bertz CT molecular complexity index is 2620. The number of likely N-dealkylation sites (tertiary alicyclic amines) is 2. The van der Waals surface area contributed by atoms with E-state index in [0.29, 0.717) is 80.7 Å². The molecule has 5 N–H and O–H groups in total. The molecule has 2 aromatic carbocycles. The smallest absolute Gasteiger partial charge is 0.410 e. The zero-order chi connectivity index (χ0) is 49.8. The van der Waals surface area contributed by atoms with Crippen molar-refractivity contribution in [3.05, 3.63) is 83.2 Å². The summed E-state index contributed by atoms with van der Waals surface area (Å²) in [5.74, 6) is -0.511. The molecule has 19 nitrogen and oxygen atoms in total. The Labute approximate surface area is 417 Å². The molecule has 0 bridgehead atoms. The summed E-state index contributed by atoms with van der Waals surface area (Å²) in [6.07, 6.45) is 2.13. The molecule has 6 heterocycles. The zero-order valence-electron chi connectivity index (χ0n) is 40.7. The molecular formula is C51H64N10O9S. The fourth-order valence-corrected chi connectivity index (χ4v) is 10.8. The predicted molar refractivity (Wildman–Crippen MR) is 266 cm³/mol. The van der Waals surface area contributed by atoms with E-state index < -0.39 is 18.1 Å². The topological polar surface area (TPSA) is 235 Å². The minimum atomic E-state index is -0.837. The third-order valence-corrected chi connectivity index (χ3v) is 15.1. The molecule has 0 radical (unpaired) electrons. The molecule has 9 rings (SSSR count). The van der Waals surface area contributed by atoms with Crippen LogP contribution in [0.3, 0.4) is 0 Å². The van der Waals surface area contributed by atoms with Crippen molar-refractivity contribution in [2.24, 2.45) is 5.92 Å². The minimum absolute atomic E-state index is 0.0442. The van der Waals surface area contributed by atoms with E-state index in [1.807, 2.05) is 69.6 Å². The number of aromatic hydroxyl groups is 1. The molecule has 3 saturated heterocycles. The van der Waals surface area contributed by atoms with Crippen molar-refractivity contribution in [2.75, 3.05) is 69.6 Å². The maximum absolute atomic E-state index is 14.2. The van der Waals surface area contributed by atoms with Crippen LogP contribution < -0.4 is 20.7 Å². The van der Waals surface area contributed by atoms with E-state index in [4.69, 9.17) is 24.5 Å². The number of ether oxygens (including phenoxy) is 3. The third kappa shape index (κ3) is 11.6. The number of para-hydroxylation sites is 1. The molecular weight excluding hydrogens is 929 g/mol. The van der Waals surface area contributed by atoms with E-state index in [1.54, 1.807) is 40.5 Å². The van der Waals surface area contributed by atoms with Gasteiger partial charge >= 0.3 is 6.09 Å². The van der Waals surface area contributed by atoms with Gasteiger partial charge in [-0.3, -0.25) is 14.5 Å². The number of rotatable bonds is 16. The summed E-state index contributed by atoms with van der Waals surface area (Å²) < 4.78 is 24.0. The summed E-state index contributed by atoms with van der Waals surface area (Å²) in [4.78, 5) is 54.0. The van der Waals surface area contributed by atoms with Gasteiger partial charge in [0.25, 0.3) is 5.88 Å². The molecule has 71 heavy (non-hydrogen) atoms. The van der Waals surface area contributed by atoms with Gasteiger partial charge in [0.05, 0.1) is 51.8 Å². The largest absolute Gasteiger partial charge is 0.507 e. The number of aryl methyl sites for hydroxylation is 1. The highest BCUT2D eigenvalue weighted by molar-refractivity contribution is 7.13. The second-order valence-corrected chi connectivity index (χ2v) is 20.3. The van der Waals surface area contributed by atoms with Crippen LogP contribution in [-0.2, 0) is 19.1 Å². The molecule has 5 aromatic rings. The molecule has 0 unspecified atom stereocenters. The number of nitrogens with one attached hydrogen (secondary N) is 1. The number of aromatic nitrogens is 4. The maximum Gasteiger partial charge on any atom is 0.410 e. The Morgan fingerprint density at radius 1 is 0.930 bits per heavy atom. The number of nitrogen functional groups attached to an aromatic ring is 1. The number of phenolic OH excluding ortho intramolecular Hbond substituents is 1. The zero-order valence-corrected chi connectivity index (χ0v) is 41.5. The Balaban J connectivity index is 0.669. The number of phenols is 1. The first-order chi connectivity index (χ1) is 34.3. The van der Waals surface area contributed by atoms with Gasteiger partial charge in [-0.15, -0.1) is 21.5 Å². The Morgan fingerprint density at radius 2 is 1.68 bits per heavy atom. The van der Waals surface area contributed by atoms with Gasteiger partial charge in [-0.2, -0.15) is 0 Å². The average molecular weight is 993 g/mol. The van der Waals surface area contributed by atoms with Gasteiger partial charge in [-0.1, -0.05) is 50.2 Å². The van der Waals surface area contributed by atoms with Crippen LogP contribution in [0, 0.1) is 12.8 Å². The highest BCUT2D eigenvalue weighted by Gasteiger charge is 2.44. The van der Waals surface area contributed by atoms with Crippen molar-refractivity contribution in [1.29, 1.82) is 0 Å². The lowest BCUT2D eigenvalue weighted by Gasteiger charge is -2.41. The van der Waals surface area contributed by atoms with Crippen LogP contribution in [-0.4, -0.2) is 153 Å². The van der Waals surface area contributed by atoms with Crippen LogP contribution in [0.4, 0.5) is 16.3 Å². The van der Waals surface area contributed by atoms with Crippen molar-refractivity contribution in [3.8, 4) is 33.3 Å². The van der Waals surface area contributed by atoms with Gasteiger partial charge in [0.1, 0.15) is 30.4 Å². The number of benzene rings is 2. The number of aliphatic hydroxyl groups excluding tert-OH is 1. The number of anilines is 2. The molecule has 378 valence electrons. The number of amides is 3. The number of thiazole rings is 1. The van der Waals surface area contributed by atoms with E-state index in [-0.39, 0.29) is 72.8 Å². The molecule has 4 aliphatic rings. The third-order valence-electron chi connectivity index (χ3n) is 14.1. The highest BCUT2D eigenvalue weighted by Crippen LogP contribution is 2.36. The number of nitrogens with two attached hydrogens (primary N) is 1. The number of aliphatic hydroxyl groups is 1. The summed E-state index contributed by atoms with van der Waals surface area (Å²) in [5.41, 5.74) is 12.8. The molecule has 3 aromatic heterocycles. The number of β-amino-alcohol motifs (C(OH)–C–C–N with tert-alkyl or cyclic N) is 1. The fourth-order valence-electron chi connectivity index (χ4n) is 9.96. The number of nitrogens with zero attached hydrogens (tertiary/aromatic N) is 8. The standard InChI is InChI=1S/C51H64N10O9S/c1-30(2)46(50(65)61-28-35(62)23-42(61)49(64)54-31(3)33-9-11-34(12-10-33)47-32(4)53-29-71-47)44-27-45(57-70-44)67-22-21-58-15-13-36(14-16-58)68-37-24-38(25-37)69-51(66)60-19-17-59(18-20-60)41-26-40(55-56-48(41)52)39-7-5-6-8-43(39)63/h5-12,26-27,29-31,35-38,42,46,62-63H,13-25,28H2,1-4H3,(H2,52,56)(H,54,64)/t31-,35+,37-,38-,42-,46+/m0/s1. The van der Waals surface area contributed by atoms with Gasteiger partial charge < -0.3 is 54.7 Å². The Hall–Kier alpha value is -6.35. The lowest BCUT2D eigenvalue weighted by atomic mass is 9.91. The van der Waals surface area contributed by atoms with Gasteiger partial charge in [0, 0.05) is 83.3 Å². The van der Waals surface area contributed by atoms with Crippen LogP contribution in [0.5, 0.6) is 11.6 Å². The van der Waals surface area contributed by atoms with Crippen molar-refractivity contribution in [3.63, 3.8) is 0 Å². The number of carbonyl (C=O) groups is 3. The molecule has 3 aliphatic heterocycles. The van der Waals surface area contributed by atoms with E-state index in [2.05, 4.69) is 35.5 Å². The molecule has 1 saturated carbocycles. The molecule has 4 atom stereocenters. The predicted octanol–water partition coefficient (Wildman–Crippen LogP) is 5.78. The van der Waals surface area contributed by atoms with Gasteiger partial charge in [-0.05, 0) is 67.1 Å². The fraction of sp³-hybridized carbons (Fsp3) is 0.510. The molecule has 4 fully saturated rings. The number of hydrogen-bond donors (Lipinski definition) is 4. The molecule has 1 aliphatic carbocycles. The molecule has 0 spiro atoms. The van der Waals surface area contributed by atoms with Gasteiger partial charge in [0.15, 0.2) is 11.6 Å². The number of piperidine rings is 1. The summed E-state index contributed by atoms with van der Waals surface area (Å²) in [6.45, 7) is 12.6. The number of hydrogen-bond acceptors (Lipinski definition) is 17. The van der Waals surface area contributed by atoms with Crippen LogP contribution in [0.2, 0.25) is 0 Å². The summed E-state index contributed by atoms with van der Waals surface area (Å²) >= 11 is 1.59. The maximum atomic E-state index is 14.2. The van der Waals surface area contributed by atoms with E-state index in [0.717, 1.165) is 47.6 Å². The summed E-state index contributed by atoms with van der Waals surface area (Å²) in [5, 5.41) is 36.5. The Kier molecular flexibility index (Phi) is 15.4. The van der Waals surface area contributed by atoms with Crippen LogP contribution >= 0.6 is 11.3 Å². The SMILES string of the molecule is Cc1ncsc1-c1ccc([C@H](C)NC(=O)[C@@H]2C[C@@H](O)CN2C(=O)[C@@H](c2cc(OCCN3CCC(O[C@H]4C[C@H](OC(=O)N5CCN(c6cc(-c7ccccc7O)nnc6N)CC5)C4)CC3)no2)C(C)C)cc1. The van der Waals surface area contributed by atoms with Crippen molar-refractivity contribution in [2.45, 2.75) is 102 Å². The highest BCUT2D eigenvalue weighted by atomic mass is 32.1. The van der Waals surface area contributed by atoms with E-state index in [1.165, 1.54) is 4.90 Å².